The molecular weight excluding hydrogens is 764 g/mol. The molecular formula is C34H29Cl4N5O9. The SMILES string of the molecule is COc1cc2nc(CCn3c(=O)n4n(c3=O)[C@@H]3C[C@@]5(Cl)C(=O)C(Cl)=C(Cl)C(=O)[C@@]5(Cl)[C@@H](c5c(O)cccc5OC)C3=CC4)c(=O)n(C)c2cc1OC. The number of aromatic nitrogens is 5. The Labute approximate surface area is 313 Å². The molecule has 0 radical (unpaired) electrons. The van der Waals surface area contributed by atoms with E-state index in [1.807, 2.05) is 0 Å². The highest BCUT2D eigenvalue weighted by Crippen LogP contribution is 2.65. The predicted molar refractivity (Wildman–Crippen MR) is 192 cm³/mol. The van der Waals surface area contributed by atoms with E-state index in [1.54, 1.807) is 25.3 Å². The van der Waals surface area contributed by atoms with Crippen molar-refractivity contribution in [1.29, 1.82) is 0 Å². The Hall–Kier alpha value is -4.50. The van der Waals surface area contributed by atoms with Crippen molar-refractivity contribution in [1.82, 2.24) is 23.5 Å². The van der Waals surface area contributed by atoms with Crippen LogP contribution in [0.3, 0.4) is 0 Å². The number of carbonyl (C=O) groups is 2. The largest absolute Gasteiger partial charge is 0.508 e. The predicted octanol–water partition coefficient (Wildman–Crippen LogP) is 3.50. The summed E-state index contributed by atoms with van der Waals surface area (Å²) in [5.74, 6) is -2.75. The molecule has 52 heavy (non-hydrogen) atoms. The molecule has 0 spiro atoms. The van der Waals surface area contributed by atoms with Crippen LogP contribution in [0.25, 0.3) is 11.0 Å². The van der Waals surface area contributed by atoms with Gasteiger partial charge in [0.15, 0.2) is 23.1 Å². The van der Waals surface area contributed by atoms with Crippen LogP contribution < -0.4 is 31.1 Å². The molecule has 3 aliphatic rings. The summed E-state index contributed by atoms with van der Waals surface area (Å²) in [6, 6.07) is 6.48. The standard InChI is InChI=1S/C34H29Cl4N5O9/c1-40-18-13-23(52-4)22(51-3)12-17(18)39-16(30(40)47)9-10-41-31(48)42-11-8-15-19(43(42)32(41)49)14-33(37)28(45)26(35)27(36)29(46)34(33,38)25(15)24-20(44)6-5-7-21(24)50-2/h5-8,12-13,19,25,44H,9-11,14H2,1-4H3/t19-,25-,33-,34+/m1/s1. The highest BCUT2D eigenvalue weighted by molar-refractivity contribution is 6.66. The van der Waals surface area contributed by atoms with E-state index in [4.69, 9.17) is 60.6 Å². The van der Waals surface area contributed by atoms with E-state index in [-0.39, 0.29) is 42.3 Å². The Kier molecular flexibility index (Phi) is 8.68. The fraction of sp³-hybridized carbons (Fsp3) is 0.353. The number of phenols is 1. The van der Waals surface area contributed by atoms with Gasteiger partial charge in [-0.25, -0.2) is 28.5 Å². The third-order valence-electron chi connectivity index (χ3n) is 10.2. The number of phenolic OH excluding ortho intramolecular Hbond substituents is 1. The molecule has 0 amide bonds. The first kappa shape index (κ1) is 35.9. The highest BCUT2D eigenvalue weighted by Gasteiger charge is 2.72. The Morgan fingerprint density at radius 3 is 2.25 bits per heavy atom. The average molecular weight is 793 g/mol. The number of aryl methyl sites for hydroxylation is 2. The van der Waals surface area contributed by atoms with Crippen molar-refractivity contribution in [3.8, 4) is 23.0 Å². The van der Waals surface area contributed by atoms with Gasteiger partial charge < -0.3 is 23.9 Å². The molecule has 2 aromatic carbocycles. The zero-order chi connectivity index (χ0) is 37.6. The summed E-state index contributed by atoms with van der Waals surface area (Å²) >= 11 is 27.0. The van der Waals surface area contributed by atoms with Gasteiger partial charge in [0.25, 0.3) is 5.56 Å². The summed E-state index contributed by atoms with van der Waals surface area (Å²) in [6.45, 7) is -0.400. The van der Waals surface area contributed by atoms with E-state index in [0.29, 0.717) is 28.1 Å². The lowest BCUT2D eigenvalue weighted by Gasteiger charge is -2.54. The maximum atomic E-state index is 14.3. The molecule has 1 aliphatic heterocycles. The molecule has 3 heterocycles. The number of rotatable bonds is 7. The molecule has 0 bridgehead atoms. The molecule has 4 aromatic rings. The number of nitrogens with zero attached hydrogens (tertiary/aromatic N) is 5. The number of aromatic hydroxyl groups is 1. The number of hydrogen-bond donors (Lipinski definition) is 1. The summed E-state index contributed by atoms with van der Waals surface area (Å²) in [5, 5.41) is 9.95. The fourth-order valence-corrected chi connectivity index (χ4v) is 9.12. The van der Waals surface area contributed by atoms with E-state index in [2.05, 4.69) is 4.98 Å². The molecule has 4 atom stereocenters. The van der Waals surface area contributed by atoms with Gasteiger partial charge in [0.05, 0.1) is 44.9 Å². The average Bonchev–Trinajstić information content (AvgIpc) is 3.38. The smallest absolute Gasteiger partial charge is 0.347 e. The molecule has 2 aliphatic carbocycles. The van der Waals surface area contributed by atoms with Crippen LogP contribution in [0.1, 0.15) is 29.6 Å². The van der Waals surface area contributed by atoms with Crippen molar-refractivity contribution in [2.75, 3.05) is 21.3 Å². The second-order valence-corrected chi connectivity index (χ2v) is 14.6. The van der Waals surface area contributed by atoms with E-state index < -0.39 is 66.7 Å². The number of benzene rings is 2. The van der Waals surface area contributed by atoms with Gasteiger partial charge in [-0.2, -0.15) is 0 Å². The number of methoxy groups -OCH3 is 3. The number of Topliss-reactive ketones (excluding diaryl/α,β-unsaturated/α-hetero) is 2. The summed E-state index contributed by atoms with van der Waals surface area (Å²) in [5.41, 5.74) is -0.631. The summed E-state index contributed by atoms with van der Waals surface area (Å²) in [4.78, 5) is 69.3. The molecule has 0 saturated heterocycles. The van der Waals surface area contributed by atoms with Crippen molar-refractivity contribution in [2.45, 2.75) is 47.6 Å². The number of alkyl halides is 2. The Balaban J connectivity index is 1.35. The van der Waals surface area contributed by atoms with Gasteiger partial charge in [-0.15, -0.1) is 23.2 Å². The number of ketones is 2. The summed E-state index contributed by atoms with van der Waals surface area (Å²) < 4.78 is 20.9. The lowest BCUT2D eigenvalue weighted by atomic mass is 9.59. The third kappa shape index (κ3) is 4.77. The van der Waals surface area contributed by atoms with Gasteiger partial charge in [-0.3, -0.25) is 14.4 Å². The Morgan fingerprint density at radius 2 is 1.58 bits per heavy atom. The van der Waals surface area contributed by atoms with E-state index in [0.717, 1.165) is 9.25 Å². The molecule has 7 rings (SSSR count). The minimum absolute atomic E-state index is 0.0142. The first-order valence-corrected chi connectivity index (χ1v) is 17.3. The van der Waals surface area contributed by atoms with Crippen molar-refractivity contribution in [3.63, 3.8) is 0 Å². The first-order valence-electron chi connectivity index (χ1n) is 15.8. The van der Waals surface area contributed by atoms with E-state index >= 15 is 0 Å². The van der Waals surface area contributed by atoms with Crippen LogP contribution in [0, 0.1) is 0 Å². The summed E-state index contributed by atoms with van der Waals surface area (Å²) in [7, 11) is 5.85. The monoisotopic (exact) mass is 791 g/mol. The van der Waals surface area contributed by atoms with Gasteiger partial charge in [0, 0.05) is 50.0 Å². The zero-order valence-corrected chi connectivity index (χ0v) is 30.9. The molecule has 18 heteroatoms. The van der Waals surface area contributed by atoms with Crippen LogP contribution in [0.2, 0.25) is 0 Å². The molecule has 0 unspecified atom stereocenters. The van der Waals surface area contributed by atoms with Crippen LogP contribution in [-0.4, -0.2) is 71.2 Å². The zero-order valence-electron chi connectivity index (χ0n) is 27.9. The molecule has 2 aromatic heterocycles. The maximum Gasteiger partial charge on any atom is 0.347 e. The molecule has 1 fully saturated rings. The Bertz CT molecular complexity index is 2500. The second-order valence-electron chi connectivity index (χ2n) is 12.6. The normalized spacial score (nSPS) is 24.0. The van der Waals surface area contributed by atoms with Crippen LogP contribution in [0.5, 0.6) is 23.0 Å². The van der Waals surface area contributed by atoms with Gasteiger partial charge in [0.1, 0.15) is 37.0 Å². The van der Waals surface area contributed by atoms with Crippen LogP contribution in [0.15, 0.2) is 66.4 Å². The van der Waals surface area contributed by atoms with Gasteiger partial charge in [0.2, 0.25) is 0 Å². The number of hydrogen-bond acceptors (Lipinski definition) is 10. The topological polar surface area (TPSA) is 166 Å². The molecule has 1 N–H and O–H groups in total. The number of carbonyl (C=O) groups excluding carboxylic acids is 2. The van der Waals surface area contributed by atoms with Crippen LogP contribution in [0.4, 0.5) is 0 Å². The first-order chi connectivity index (χ1) is 24.7. The van der Waals surface area contributed by atoms with Gasteiger partial charge in [-0.05, 0) is 17.7 Å². The number of halogens is 4. The van der Waals surface area contributed by atoms with Crippen LogP contribution in [-0.2, 0) is 36.1 Å². The van der Waals surface area contributed by atoms with Gasteiger partial charge >= 0.3 is 11.4 Å². The lowest BCUT2D eigenvalue weighted by Crippen LogP contribution is -2.67. The minimum atomic E-state index is -2.35. The van der Waals surface area contributed by atoms with E-state index in [9.17, 15) is 29.1 Å². The lowest BCUT2D eigenvalue weighted by molar-refractivity contribution is -0.128. The third-order valence-corrected chi connectivity index (χ3v) is 12.4. The Morgan fingerprint density at radius 1 is 0.923 bits per heavy atom. The van der Waals surface area contributed by atoms with Crippen LogP contribution >= 0.6 is 46.4 Å². The molecule has 1 saturated carbocycles. The minimum Gasteiger partial charge on any atom is -0.508 e. The quantitative estimate of drug-likeness (QED) is 0.216. The second kappa shape index (κ2) is 12.6. The van der Waals surface area contributed by atoms with Gasteiger partial charge in [-0.1, -0.05) is 35.3 Å². The summed E-state index contributed by atoms with van der Waals surface area (Å²) in [6.07, 6.45) is 1.04. The van der Waals surface area contributed by atoms with Crippen molar-refractivity contribution < 1.29 is 28.9 Å². The maximum absolute atomic E-state index is 14.3. The van der Waals surface area contributed by atoms with Crippen molar-refractivity contribution in [3.05, 3.63) is 94.6 Å². The number of ether oxygens (including phenoxy) is 3. The van der Waals surface area contributed by atoms with E-state index in [1.165, 1.54) is 48.8 Å². The van der Waals surface area contributed by atoms with Crippen molar-refractivity contribution in [2.24, 2.45) is 7.05 Å². The molecule has 272 valence electrons. The van der Waals surface area contributed by atoms with Crippen molar-refractivity contribution >= 4 is 69.0 Å². The molecule has 14 nitrogen and oxygen atoms in total. The number of fused-ring (bicyclic) bond motifs is 5. The fourth-order valence-electron chi connectivity index (χ4n) is 7.62. The number of allylic oxidation sites excluding steroid dienone is 4. The highest BCUT2D eigenvalue weighted by atomic mass is 35.5.